The molecule has 0 radical (unpaired) electrons. The molecule has 0 aliphatic rings. The van der Waals surface area contributed by atoms with Gasteiger partial charge in [-0.15, -0.1) is 0 Å². The van der Waals surface area contributed by atoms with Crippen LogP contribution >= 0.6 is 0 Å². The highest BCUT2D eigenvalue weighted by Crippen LogP contribution is 2.28. The minimum Gasteiger partial charge on any atom is -0.495 e. The first kappa shape index (κ1) is 15.3. The van der Waals surface area contributed by atoms with Crippen molar-refractivity contribution in [3.63, 3.8) is 0 Å². The van der Waals surface area contributed by atoms with Gasteiger partial charge in [-0.25, -0.2) is 13.1 Å². The van der Waals surface area contributed by atoms with Crippen molar-refractivity contribution in [3.05, 3.63) is 35.7 Å². The molecule has 1 heterocycles. The summed E-state index contributed by atoms with van der Waals surface area (Å²) in [6.45, 7) is 1.93. The molecule has 0 spiro atoms. The molecule has 3 N–H and O–H groups in total. The number of aromatic nitrogens is 2. The van der Waals surface area contributed by atoms with Gasteiger partial charge in [0, 0.05) is 31.0 Å². The van der Waals surface area contributed by atoms with Crippen molar-refractivity contribution in [1.29, 1.82) is 0 Å². The maximum atomic E-state index is 12.4. The van der Waals surface area contributed by atoms with E-state index < -0.39 is 10.0 Å². The zero-order valence-corrected chi connectivity index (χ0v) is 12.9. The number of sulfonamides is 1. The second kappa shape index (κ2) is 5.74. The number of nitrogens with one attached hydrogen (secondary N) is 1. The van der Waals surface area contributed by atoms with Crippen LogP contribution in [0, 0.1) is 6.92 Å². The molecule has 0 bridgehead atoms. The fourth-order valence-corrected chi connectivity index (χ4v) is 3.07. The highest BCUT2D eigenvalue weighted by atomic mass is 32.2. The monoisotopic (exact) mass is 310 g/mol. The Morgan fingerprint density at radius 3 is 2.71 bits per heavy atom. The van der Waals surface area contributed by atoms with E-state index in [1.807, 2.05) is 0 Å². The molecule has 0 aliphatic carbocycles. The molecular weight excluding hydrogens is 292 g/mol. The third-order valence-electron chi connectivity index (χ3n) is 3.07. The molecule has 0 aliphatic heterocycles. The van der Waals surface area contributed by atoms with E-state index >= 15 is 0 Å². The summed E-state index contributed by atoms with van der Waals surface area (Å²) in [5.41, 5.74) is 7.72. The number of nitrogen functional groups attached to an aromatic ring is 1. The third kappa shape index (κ3) is 3.34. The van der Waals surface area contributed by atoms with E-state index in [-0.39, 0.29) is 17.2 Å². The van der Waals surface area contributed by atoms with Gasteiger partial charge in [0.25, 0.3) is 0 Å². The average molecular weight is 310 g/mol. The van der Waals surface area contributed by atoms with E-state index in [2.05, 4.69) is 9.82 Å². The Bertz CT molecular complexity index is 753. The molecule has 1 aromatic carbocycles. The zero-order chi connectivity index (χ0) is 15.6. The summed E-state index contributed by atoms with van der Waals surface area (Å²) in [6, 6.07) is 3.01. The SMILES string of the molecule is COc1cc(C)c(N)cc1S(=O)(=O)NCc1cnn(C)c1. The Kier molecular flexibility index (Phi) is 4.19. The van der Waals surface area contributed by atoms with Gasteiger partial charge in [-0.1, -0.05) is 0 Å². The van der Waals surface area contributed by atoms with E-state index in [0.717, 1.165) is 11.1 Å². The van der Waals surface area contributed by atoms with Crippen molar-refractivity contribution in [2.75, 3.05) is 12.8 Å². The number of hydrogen-bond acceptors (Lipinski definition) is 5. The standard InChI is InChI=1S/C13H18N4O3S/c1-9-4-12(20-3)13(5-11(9)14)21(18,19)16-7-10-6-15-17(2)8-10/h4-6,8,16H,7,14H2,1-3H3. The Morgan fingerprint density at radius 2 is 2.14 bits per heavy atom. The number of benzene rings is 1. The van der Waals surface area contributed by atoms with Gasteiger partial charge in [0.05, 0.1) is 13.3 Å². The Morgan fingerprint density at radius 1 is 1.43 bits per heavy atom. The van der Waals surface area contributed by atoms with Gasteiger partial charge in [-0.3, -0.25) is 4.68 Å². The molecule has 0 saturated carbocycles. The number of hydrogen-bond donors (Lipinski definition) is 2. The van der Waals surface area contributed by atoms with Crippen LogP contribution in [0.15, 0.2) is 29.4 Å². The number of ether oxygens (including phenoxy) is 1. The summed E-state index contributed by atoms with van der Waals surface area (Å²) in [5, 5.41) is 3.99. The molecule has 0 saturated heterocycles. The molecule has 2 aromatic rings. The second-order valence-corrected chi connectivity index (χ2v) is 6.44. The summed E-state index contributed by atoms with van der Waals surface area (Å²) in [4.78, 5) is 0.0250. The summed E-state index contributed by atoms with van der Waals surface area (Å²) >= 11 is 0. The molecule has 7 nitrogen and oxygen atoms in total. The van der Waals surface area contributed by atoms with Gasteiger partial charge in [-0.05, 0) is 24.6 Å². The maximum absolute atomic E-state index is 12.4. The van der Waals surface area contributed by atoms with E-state index in [0.29, 0.717) is 5.69 Å². The van der Waals surface area contributed by atoms with Crippen LogP contribution in [-0.2, 0) is 23.6 Å². The van der Waals surface area contributed by atoms with Crippen LogP contribution < -0.4 is 15.2 Å². The Balaban J connectivity index is 2.28. The minimum atomic E-state index is -3.72. The average Bonchev–Trinajstić information content (AvgIpc) is 2.85. The predicted molar refractivity (Wildman–Crippen MR) is 79.4 cm³/mol. The van der Waals surface area contributed by atoms with Crippen molar-refractivity contribution < 1.29 is 13.2 Å². The quantitative estimate of drug-likeness (QED) is 0.796. The van der Waals surface area contributed by atoms with Crippen molar-refractivity contribution in [3.8, 4) is 5.75 Å². The van der Waals surface area contributed by atoms with Crippen LogP contribution in [0.3, 0.4) is 0 Å². The number of methoxy groups -OCH3 is 1. The fourth-order valence-electron chi connectivity index (χ4n) is 1.87. The van der Waals surface area contributed by atoms with Gasteiger partial charge in [0.1, 0.15) is 10.6 Å². The molecule has 8 heteroatoms. The smallest absolute Gasteiger partial charge is 0.244 e. The van der Waals surface area contributed by atoms with Gasteiger partial charge in [-0.2, -0.15) is 5.10 Å². The van der Waals surface area contributed by atoms with Crippen LogP contribution in [-0.4, -0.2) is 25.3 Å². The number of aryl methyl sites for hydroxylation is 2. The van der Waals surface area contributed by atoms with Crippen molar-refractivity contribution in [1.82, 2.24) is 14.5 Å². The molecule has 0 atom stereocenters. The van der Waals surface area contributed by atoms with E-state index in [9.17, 15) is 8.42 Å². The van der Waals surface area contributed by atoms with E-state index in [1.165, 1.54) is 13.2 Å². The third-order valence-corrected chi connectivity index (χ3v) is 4.49. The lowest BCUT2D eigenvalue weighted by atomic mass is 10.2. The minimum absolute atomic E-state index is 0.0250. The van der Waals surface area contributed by atoms with Gasteiger partial charge >= 0.3 is 0 Å². The highest BCUT2D eigenvalue weighted by molar-refractivity contribution is 7.89. The largest absolute Gasteiger partial charge is 0.495 e. The summed E-state index contributed by atoms with van der Waals surface area (Å²) < 4.78 is 34.0. The highest BCUT2D eigenvalue weighted by Gasteiger charge is 2.20. The zero-order valence-electron chi connectivity index (χ0n) is 12.1. The van der Waals surface area contributed by atoms with Crippen molar-refractivity contribution >= 4 is 15.7 Å². The first-order chi connectivity index (χ1) is 9.83. The molecule has 2 rings (SSSR count). The lowest BCUT2D eigenvalue weighted by Gasteiger charge is -2.12. The Labute approximate surface area is 123 Å². The number of anilines is 1. The van der Waals surface area contributed by atoms with Crippen molar-refractivity contribution in [2.24, 2.45) is 7.05 Å². The van der Waals surface area contributed by atoms with E-state index in [4.69, 9.17) is 10.5 Å². The maximum Gasteiger partial charge on any atom is 0.244 e. The number of rotatable bonds is 5. The number of nitrogens with two attached hydrogens (primary N) is 1. The second-order valence-electron chi connectivity index (χ2n) is 4.71. The van der Waals surface area contributed by atoms with Gasteiger partial charge in [0.15, 0.2) is 0 Å². The fraction of sp³-hybridized carbons (Fsp3) is 0.308. The first-order valence-corrected chi connectivity index (χ1v) is 7.73. The first-order valence-electron chi connectivity index (χ1n) is 6.25. The molecule has 0 unspecified atom stereocenters. The topological polar surface area (TPSA) is 99.2 Å². The molecule has 114 valence electrons. The van der Waals surface area contributed by atoms with Crippen LogP contribution in [0.25, 0.3) is 0 Å². The Hall–Kier alpha value is -2.06. The molecule has 1 aromatic heterocycles. The summed E-state index contributed by atoms with van der Waals surface area (Å²) in [6.07, 6.45) is 3.34. The van der Waals surface area contributed by atoms with E-state index in [1.54, 1.807) is 37.1 Å². The van der Waals surface area contributed by atoms with Crippen LogP contribution in [0.2, 0.25) is 0 Å². The molecular formula is C13H18N4O3S. The van der Waals surface area contributed by atoms with Crippen LogP contribution in [0.4, 0.5) is 5.69 Å². The summed E-state index contributed by atoms with van der Waals surface area (Å²) in [7, 11) is -0.536. The molecule has 0 amide bonds. The van der Waals surface area contributed by atoms with Gasteiger partial charge < -0.3 is 10.5 Å². The normalized spacial score (nSPS) is 11.6. The van der Waals surface area contributed by atoms with Crippen molar-refractivity contribution in [2.45, 2.75) is 18.4 Å². The number of nitrogens with zero attached hydrogens (tertiary/aromatic N) is 2. The van der Waals surface area contributed by atoms with Gasteiger partial charge in [0.2, 0.25) is 10.0 Å². The van der Waals surface area contributed by atoms with Crippen LogP contribution in [0.5, 0.6) is 5.75 Å². The lowest BCUT2D eigenvalue weighted by Crippen LogP contribution is -2.24. The van der Waals surface area contributed by atoms with Crippen LogP contribution in [0.1, 0.15) is 11.1 Å². The molecule has 21 heavy (non-hydrogen) atoms. The molecule has 0 fully saturated rings. The lowest BCUT2D eigenvalue weighted by molar-refractivity contribution is 0.402. The summed E-state index contributed by atoms with van der Waals surface area (Å²) in [5.74, 6) is 0.264. The predicted octanol–water partition coefficient (Wildman–Crippen LogP) is 0.798.